The van der Waals surface area contributed by atoms with Gasteiger partial charge >= 0.3 is 0 Å². The molecule has 0 saturated heterocycles. The Hall–Kier alpha value is -4.13. The first kappa shape index (κ1) is 18.2. The van der Waals surface area contributed by atoms with Gasteiger partial charge in [0, 0.05) is 23.0 Å². The fourth-order valence-corrected chi connectivity index (χ4v) is 3.14. The molecule has 1 amide bonds. The van der Waals surface area contributed by atoms with Gasteiger partial charge in [-0.15, -0.1) is 0 Å². The number of nitrogens with zero attached hydrogens (tertiary/aromatic N) is 3. The van der Waals surface area contributed by atoms with E-state index in [2.05, 4.69) is 16.9 Å². The van der Waals surface area contributed by atoms with E-state index in [1.807, 2.05) is 59.0 Å². The summed E-state index contributed by atoms with van der Waals surface area (Å²) in [6.07, 6.45) is 2.86. The number of ether oxygens (including phenoxy) is 1. The average molecular weight is 385 g/mol. The minimum Gasteiger partial charge on any atom is -0.497 e. The fraction of sp³-hybridized carbons (Fsp3) is 0.0455. The zero-order valence-electron chi connectivity index (χ0n) is 15.8. The Balaban J connectivity index is 1.86. The van der Waals surface area contributed by atoms with Crippen LogP contribution in [0.15, 0.2) is 73.4 Å². The van der Waals surface area contributed by atoms with Gasteiger partial charge in [0.1, 0.15) is 11.4 Å². The molecule has 0 radical (unpaired) electrons. The number of imidazole rings is 1. The van der Waals surface area contributed by atoms with E-state index in [1.54, 1.807) is 13.3 Å². The minimum atomic E-state index is -0.261. The molecule has 3 N–H and O–H groups in total. The lowest BCUT2D eigenvalue weighted by Crippen LogP contribution is -2.06. The average Bonchev–Trinajstić information content (AvgIpc) is 3.15. The Morgan fingerprint density at radius 3 is 2.45 bits per heavy atom. The molecular formula is C22H19N5O2. The van der Waals surface area contributed by atoms with Crippen LogP contribution in [0.1, 0.15) is 0 Å². The predicted molar refractivity (Wildman–Crippen MR) is 114 cm³/mol. The first-order chi connectivity index (χ1) is 14.1. The van der Waals surface area contributed by atoms with Crippen LogP contribution in [0.5, 0.6) is 5.75 Å². The normalized spacial score (nSPS) is 10.7. The van der Waals surface area contributed by atoms with Crippen molar-refractivity contribution in [1.82, 2.24) is 14.4 Å². The number of rotatable bonds is 5. The molecule has 0 saturated carbocycles. The lowest BCUT2D eigenvalue weighted by molar-refractivity contribution is -0.111. The number of nitrogen functional groups attached to an aromatic ring is 1. The van der Waals surface area contributed by atoms with Gasteiger partial charge in [-0.05, 0) is 48.5 Å². The molecule has 0 unspecified atom stereocenters. The number of nitrogens with one attached hydrogen (secondary N) is 1. The molecule has 0 aliphatic carbocycles. The molecule has 7 nitrogen and oxygen atoms in total. The third-order valence-electron chi connectivity index (χ3n) is 4.54. The molecule has 4 rings (SSSR count). The highest BCUT2D eigenvalue weighted by Crippen LogP contribution is 2.35. The van der Waals surface area contributed by atoms with Crippen molar-refractivity contribution in [2.75, 3.05) is 18.2 Å². The Bertz CT molecular complexity index is 1190. The summed E-state index contributed by atoms with van der Waals surface area (Å²) in [6.45, 7) is 3.46. The van der Waals surface area contributed by atoms with Crippen molar-refractivity contribution in [1.29, 1.82) is 0 Å². The lowest BCUT2D eigenvalue weighted by atomic mass is 10.0. The van der Waals surface area contributed by atoms with Crippen molar-refractivity contribution < 1.29 is 9.53 Å². The van der Waals surface area contributed by atoms with Crippen molar-refractivity contribution in [3.8, 4) is 28.3 Å². The van der Waals surface area contributed by atoms with Gasteiger partial charge in [-0.1, -0.05) is 18.7 Å². The van der Waals surface area contributed by atoms with E-state index < -0.39 is 0 Å². The van der Waals surface area contributed by atoms with E-state index in [9.17, 15) is 4.79 Å². The number of anilines is 2. The molecule has 0 aliphatic heterocycles. The van der Waals surface area contributed by atoms with Gasteiger partial charge < -0.3 is 15.8 Å². The molecule has 144 valence electrons. The van der Waals surface area contributed by atoms with Crippen LogP contribution in [0.2, 0.25) is 0 Å². The van der Waals surface area contributed by atoms with Gasteiger partial charge in [0.2, 0.25) is 11.9 Å². The van der Waals surface area contributed by atoms with Gasteiger partial charge in [0.15, 0.2) is 0 Å². The third kappa shape index (κ3) is 3.41. The third-order valence-corrected chi connectivity index (χ3v) is 4.54. The van der Waals surface area contributed by atoms with Gasteiger partial charge in [0.25, 0.3) is 0 Å². The summed E-state index contributed by atoms with van der Waals surface area (Å²) in [4.78, 5) is 20.5. The van der Waals surface area contributed by atoms with E-state index in [0.29, 0.717) is 17.3 Å². The van der Waals surface area contributed by atoms with E-state index in [1.165, 1.54) is 6.08 Å². The number of hydrogen-bond donors (Lipinski definition) is 2. The Labute approximate surface area is 167 Å². The number of carbonyl (C=O) groups excluding carboxylic acids is 1. The summed E-state index contributed by atoms with van der Waals surface area (Å²) in [5.41, 5.74) is 10.9. The second-order valence-corrected chi connectivity index (χ2v) is 6.30. The second-order valence-electron chi connectivity index (χ2n) is 6.30. The number of fused-ring (bicyclic) bond motifs is 1. The number of amides is 1. The van der Waals surface area contributed by atoms with E-state index in [-0.39, 0.29) is 5.91 Å². The van der Waals surface area contributed by atoms with Gasteiger partial charge in [-0.25, -0.2) is 9.97 Å². The van der Waals surface area contributed by atoms with Crippen molar-refractivity contribution in [3.63, 3.8) is 0 Å². The van der Waals surface area contributed by atoms with Crippen LogP contribution < -0.4 is 15.8 Å². The van der Waals surface area contributed by atoms with Crippen LogP contribution in [-0.4, -0.2) is 27.4 Å². The molecule has 2 aromatic heterocycles. The number of methoxy groups -OCH3 is 1. The molecule has 0 fully saturated rings. The zero-order chi connectivity index (χ0) is 20.4. The van der Waals surface area contributed by atoms with Crippen molar-refractivity contribution in [2.24, 2.45) is 0 Å². The molecule has 2 heterocycles. The summed E-state index contributed by atoms with van der Waals surface area (Å²) in [6, 6.07) is 16.9. The van der Waals surface area contributed by atoms with Crippen molar-refractivity contribution in [3.05, 3.63) is 73.4 Å². The Kier molecular flexibility index (Phi) is 4.70. The van der Waals surface area contributed by atoms with E-state index in [4.69, 9.17) is 15.5 Å². The van der Waals surface area contributed by atoms with Crippen LogP contribution in [-0.2, 0) is 4.79 Å². The summed E-state index contributed by atoms with van der Waals surface area (Å²) >= 11 is 0. The largest absolute Gasteiger partial charge is 0.497 e. The highest BCUT2D eigenvalue weighted by molar-refractivity contribution is 5.99. The standard InChI is InChI=1S/C22H19N5O2/c1-3-19(28)25-16-8-4-14(5-9-16)20-21(15-6-10-17(29-2)11-7-15)27-18(26-20)12-13-24-22(27)23/h3-13H,1H2,2H3,(H2,23,24)(H,25,28). The topological polar surface area (TPSA) is 94.5 Å². The summed E-state index contributed by atoms with van der Waals surface area (Å²) in [5, 5.41) is 2.74. The summed E-state index contributed by atoms with van der Waals surface area (Å²) in [7, 11) is 1.63. The van der Waals surface area contributed by atoms with Crippen molar-refractivity contribution in [2.45, 2.75) is 0 Å². The molecule has 0 bridgehead atoms. The quantitative estimate of drug-likeness (QED) is 0.510. The highest BCUT2D eigenvalue weighted by Gasteiger charge is 2.18. The maximum absolute atomic E-state index is 11.5. The van der Waals surface area contributed by atoms with E-state index >= 15 is 0 Å². The first-order valence-electron chi connectivity index (χ1n) is 8.92. The van der Waals surface area contributed by atoms with Gasteiger partial charge in [-0.2, -0.15) is 0 Å². The molecular weight excluding hydrogens is 366 g/mol. The van der Waals surface area contributed by atoms with Gasteiger partial charge in [-0.3, -0.25) is 9.20 Å². The lowest BCUT2D eigenvalue weighted by Gasteiger charge is -2.09. The molecule has 29 heavy (non-hydrogen) atoms. The number of benzene rings is 2. The van der Waals surface area contributed by atoms with Crippen LogP contribution in [0.25, 0.3) is 28.2 Å². The minimum absolute atomic E-state index is 0.261. The fourth-order valence-electron chi connectivity index (χ4n) is 3.14. The molecule has 4 aromatic rings. The zero-order valence-corrected chi connectivity index (χ0v) is 15.8. The van der Waals surface area contributed by atoms with Crippen LogP contribution in [0.3, 0.4) is 0 Å². The van der Waals surface area contributed by atoms with Crippen molar-refractivity contribution >= 4 is 23.2 Å². The molecule has 0 spiro atoms. The van der Waals surface area contributed by atoms with Crippen LogP contribution >= 0.6 is 0 Å². The molecule has 0 atom stereocenters. The monoisotopic (exact) mass is 385 g/mol. The van der Waals surface area contributed by atoms with E-state index in [0.717, 1.165) is 28.3 Å². The first-order valence-corrected chi connectivity index (χ1v) is 8.92. The number of carbonyl (C=O) groups is 1. The predicted octanol–water partition coefficient (Wildman–Crippen LogP) is 3.78. The Morgan fingerprint density at radius 2 is 1.79 bits per heavy atom. The highest BCUT2D eigenvalue weighted by atomic mass is 16.5. The molecule has 2 aromatic carbocycles. The summed E-state index contributed by atoms with van der Waals surface area (Å²) in [5.74, 6) is 0.850. The smallest absolute Gasteiger partial charge is 0.247 e. The number of aromatic nitrogens is 3. The maximum atomic E-state index is 11.5. The molecule has 7 heteroatoms. The second kappa shape index (κ2) is 7.47. The van der Waals surface area contributed by atoms with Crippen LogP contribution in [0, 0.1) is 0 Å². The summed E-state index contributed by atoms with van der Waals surface area (Å²) < 4.78 is 7.09. The maximum Gasteiger partial charge on any atom is 0.247 e. The Morgan fingerprint density at radius 1 is 1.10 bits per heavy atom. The SMILES string of the molecule is C=CC(=O)Nc1ccc(-c2nc3ccnc(N)n3c2-c2ccc(OC)cc2)cc1. The number of hydrogen-bond acceptors (Lipinski definition) is 5. The molecule has 0 aliphatic rings. The van der Waals surface area contributed by atoms with Crippen LogP contribution in [0.4, 0.5) is 11.6 Å². The van der Waals surface area contributed by atoms with Gasteiger partial charge in [0.05, 0.1) is 18.5 Å². The number of nitrogens with two attached hydrogens (primary N) is 1.